The minimum absolute atomic E-state index is 0.0114. The van der Waals surface area contributed by atoms with E-state index in [0.29, 0.717) is 24.8 Å². The fraction of sp³-hybridized carbons (Fsp3) is 0.409. The van der Waals surface area contributed by atoms with Gasteiger partial charge in [0.2, 0.25) is 17.6 Å². The molecule has 1 unspecified atom stereocenters. The number of halogens is 1. The summed E-state index contributed by atoms with van der Waals surface area (Å²) in [4.78, 5) is 21.5. The van der Waals surface area contributed by atoms with Gasteiger partial charge in [-0.3, -0.25) is 9.69 Å². The lowest BCUT2D eigenvalue weighted by Gasteiger charge is -2.30. The van der Waals surface area contributed by atoms with Crippen LogP contribution in [-0.4, -0.2) is 46.3 Å². The summed E-state index contributed by atoms with van der Waals surface area (Å²) in [7, 11) is 0. The topological polar surface area (TPSA) is 71.3 Å². The number of thiophene rings is 1. The Kier molecular flexibility index (Phi) is 8.02. The third kappa shape index (κ3) is 6.55. The number of hydrogen-bond acceptors (Lipinski definition) is 7. The average Bonchev–Trinajstić information content (AvgIpc) is 3.47. The smallest absolute Gasteiger partial charge is 0.241 e. The summed E-state index contributed by atoms with van der Waals surface area (Å²) in [6, 6.07) is 11.8. The van der Waals surface area contributed by atoms with Gasteiger partial charge in [-0.05, 0) is 67.3 Å². The van der Waals surface area contributed by atoms with Crippen molar-refractivity contribution < 1.29 is 9.32 Å². The van der Waals surface area contributed by atoms with Crippen LogP contribution in [0.5, 0.6) is 0 Å². The van der Waals surface area contributed by atoms with E-state index in [1.807, 2.05) is 41.8 Å². The molecular formula is C22H25ClN4O2S2. The summed E-state index contributed by atoms with van der Waals surface area (Å²) in [5.41, 5.74) is 0. The predicted molar refractivity (Wildman–Crippen MR) is 125 cm³/mol. The first kappa shape index (κ1) is 22.3. The van der Waals surface area contributed by atoms with Crippen molar-refractivity contribution in [3.63, 3.8) is 0 Å². The first-order valence-corrected chi connectivity index (χ1v) is 12.7. The van der Waals surface area contributed by atoms with Crippen LogP contribution in [0.4, 0.5) is 0 Å². The van der Waals surface area contributed by atoms with Crippen LogP contribution in [0.15, 0.2) is 51.2 Å². The fourth-order valence-corrected chi connectivity index (χ4v) is 5.21. The van der Waals surface area contributed by atoms with E-state index in [4.69, 9.17) is 16.1 Å². The lowest BCUT2D eigenvalue weighted by atomic mass is 9.97. The molecule has 3 heterocycles. The second kappa shape index (κ2) is 11.1. The standard InChI is InChI=1S/C22H25ClN4O2S2/c23-17-6-8-18(9-7-17)30-13-3-10-24-22(28)16-4-1-11-27(14-16)15-20-25-21(26-29-20)19-5-2-12-31-19/h2,5-9,12,16H,1,3-4,10-11,13-15H2,(H,24,28). The van der Waals surface area contributed by atoms with Crippen LogP contribution in [0, 0.1) is 5.92 Å². The van der Waals surface area contributed by atoms with Crippen molar-refractivity contribution in [2.45, 2.75) is 30.7 Å². The number of thioether (sulfide) groups is 1. The third-order valence-corrected chi connectivity index (χ3v) is 7.36. The Morgan fingerprint density at radius 1 is 1.32 bits per heavy atom. The molecule has 2 aromatic heterocycles. The lowest BCUT2D eigenvalue weighted by molar-refractivity contribution is -0.126. The molecular weight excluding hydrogens is 452 g/mol. The van der Waals surface area contributed by atoms with Gasteiger partial charge in [0.05, 0.1) is 17.3 Å². The number of carbonyl (C=O) groups excluding carboxylic acids is 1. The maximum absolute atomic E-state index is 12.6. The summed E-state index contributed by atoms with van der Waals surface area (Å²) in [5.74, 6) is 2.35. The molecule has 0 bridgehead atoms. The number of aromatic nitrogens is 2. The van der Waals surface area contributed by atoms with Crippen LogP contribution in [0.2, 0.25) is 5.02 Å². The molecule has 1 atom stereocenters. The number of hydrogen-bond donors (Lipinski definition) is 1. The lowest BCUT2D eigenvalue weighted by Crippen LogP contribution is -2.43. The molecule has 3 aromatic rings. The maximum Gasteiger partial charge on any atom is 0.241 e. The Bertz CT molecular complexity index is 962. The van der Waals surface area contributed by atoms with Crippen LogP contribution in [-0.2, 0) is 11.3 Å². The van der Waals surface area contributed by atoms with E-state index < -0.39 is 0 Å². The molecule has 6 nitrogen and oxygen atoms in total. The highest BCUT2D eigenvalue weighted by Crippen LogP contribution is 2.23. The molecule has 4 rings (SSSR count). The Morgan fingerprint density at radius 3 is 3.00 bits per heavy atom. The summed E-state index contributed by atoms with van der Waals surface area (Å²) in [6.45, 7) is 2.95. The van der Waals surface area contributed by atoms with Crippen LogP contribution in [0.25, 0.3) is 10.7 Å². The first-order chi connectivity index (χ1) is 15.2. The molecule has 9 heteroatoms. The number of carbonyl (C=O) groups is 1. The highest BCUT2D eigenvalue weighted by atomic mass is 35.5. The van der Waals surface area contributed by atoms with E-state index in [1.165, 1.54) is 4.90 Å². The van der Waals surface area contributed by atoms with Gasteiger partial charge in [-0.15, -0.1) is 23.1 Å². The Morgan fingerprint density at radius 2 is 2.19 bits per heavy atom. The van der Waals surface area contributed by atoms with Crippen molar-refractivity contribution in [3.05, 3.63) is 52.7 Å². The zero-order chi connectivity index (χ0) is 21.5. The number of nitrogens with zero attached hydrogens (tertiary/aromatic N) is 3. The summed E-state index contributed by atoms with van der Waals surface area (Å²) >= 11 is 9.28. The van der Waals surface area contributed by atoms with Gasteiger partial charge >= 0.3 is 0 Å². The second-order valence-electron chi connectivity index (χ2n) is 7.51. The van der Waals surface area contributed by atoms with Gasteiger partial charge in [-0.25, -0.2) is 0 Å². The van der Waals surface area contributed by atoms with Crippen molar-refractivity contribution in [2.24, 2.45) is 5.92 Å². The van der Waals surface area contributed by atoms with Crippen molar-refractivity contribution in [3.8, 4) is 10.7 Å². The minimum Gasteiger partial charge on any atom is -0.356 e. The molecule has 0 spiro atoms. The van der Waals surface area contributed by atoms with E-state index in [0.717, 1.165) is 48.0 Å². The van der Waals surface area contributed by atoms with Crippen LogP contribution >= 0.6 is 34.7 Å². The summed E-state index contributed by atoms with van der Waals surface area (Å²) < 4.78 is 5.42. The Hall–Kier alpha value is -1.87. The first-order valence-electron chi connectivity index (χ1n) is 10.4. The number of amides is 1. The molecule has 1 amide bonds. The third-order valence-electron chi connectivity index (χ3n) is 5.15. The molecule has 1 aromatic carbocycles. The molecule has 1 aliphatic heterocycles. The van der Waals surface area contributed by atoms with Gasteiger partial charge in [0, 0.05) is 23.0 Å². The largest absolute Gasteiger partial charge is 0.356 e. The highest BCUT2D eigenvalue weighted by Gasteiger charge is 2.26. The molecule has 0 radical (unpaired) electrons. The summed E-state index contributed by atoms with van der Waals surface area (Å²) in [6.07, 6.45) is 2.85. The van der Waals surface area contributed by atoms with Crippen molar-refractivity contribution in [1.29, 1.82) is 0 Å². The molecule has 0 aliphatic carbocycles. The van der Waals surface area contributed by atoms with Crippen LogP contribution in [0.1, 0.15) is 25.2 Å². The normalized spacial score (nSPS) is 17.0. The molecule has 1 aliphatic rings. The van der Waals surface area contributed by atoms with Crippen LogP contribution < -0.4 is 5.32 Å². The van der Waals surface area contributed by atoms with Crippen molar-refractivity contribution in [1.82, 2.24) is 20.4 Å². The quantitative estimate of drug-likeness (QED) is 0.347. The van der Waals surface area contributed by atoms with Gasteiger partial charge in [0.1, 0.15) is 0 Å². The highest BCUT2D eigenvalue weighted by molar-refractivity contribution is 7.99. The maximum atomic E-state index is 12.6. The van der Waals surface area contributed by atoms with E-state index in [2.05, 4.69) is 20.4 Å². The van der Waals surface area contributed by atoms with Gasteiger partial charge in [-0.1, -0.05) is 22.8 Å². The van der Waals surface area contributed by atoms with Gasteiger partial charge < -0.3 is 9.84 Å². The molecule has 1 saturated heterocycles. The zero-order valence-corrected chi connectivity index (χ0v) is 19.5. The van der Waals surface area contributed by atoms with E-state index >= 15 is 0 Å². The molecule has 1 fully saturated rings. The van der Waals surface area contributed by atoms with E-state index in [-0.39, 0.29) is 11.8 Å². The van der Waals surface area contributed by atoms with Crippen molar-refractivity contribution >= 4 is 40.6 Å². The average molecular weight is 477 g/mol. The number of rotatable bonds is 9. The fourth-order valence-electron chi connectivity index (χ4n) is 3.58. The molecule has 0 saturated carbocycles. The molecule has 164 valence electrons. The Labute approximate surface area is 195 Å². The second-order valence-corrected chi connectivity index (χ2v) is 10.1. The van der Waals surface area contributed by atoms with Crippen molar-refractivity contribution in [2.75, 3.05) is 25.4 Å². The van der Waals surface area contributed by atoms with Crippen LogP contribution in [0.3, 0.4) is 0 Å². The Balaban J connectivity index is 1.17. The number of nitrogens with one attached hydrogen (secondary N) is 1. The number of likely N-dealkylation sites (tertiary alicyclic amines) is 1. The molecule has 31 heavy (non-hydrogen) atoms. The number of piperidine rings is 1. The van der Waals surface area contributed by atoms with E-state index in [1.54, 1.807) is 23.1 Å². The van der Waals surface area contributed by atoms with Gasteiger partial charge in [0.25, 0.3) is 0 Å². The minimum atomic E-state index is 0.0114. The van der Waals surface area contributed by atoms with Gasteiger partial charge in [0.15, 0.2) is 0 Å². The zero-order valence-electron chi connectivity index (χ0n) is 17.1. The SMILES string of the molecule is O=C(NCCCSc1ccc(Cl)cc1)C1CCCN(Cc2nc(-c3cccs3)no2)C1. The predicted octanol–water partition coefficient (Wildman–Crippen LogP) is 4.96. The molecule has 1 N–H and O–H groups in total. The summed E-state index contributed by atoms with van der Waals surface area (Å²) in [5, 5.41) is 9.92. The van der Waals surface area contributed by atoms with E-state index in [9.17, 15) is 4.79 Å². The number of benzene rings is 1. The van der Waals surface area contributed by atoms with Gasteiger partial charge in [-0.2, -0.15) is 4.98 Å². The monoisotopic (exact) mass is 476 g/mol.